The molecule has 2 N–H and O–H groups in total. The van der Waals surface area contributed by atoms with Crippen LogP contribution in [0.2, 0.25) is 0 Å². The Morgan fingerprint density at radius 3 is 2.58 bits per heavy atom. The molecular weight excluding hydrogens is 535 g/mol. The number of aromatic nitrogens is 1. The third kappa shape index (κ3) is 12.1. The molecule has 8 nitrogen and oxygen atoms in total. The highest BCUT2D eigenvalue weighted by molar-refractivity contribution is 14.0. The number of rotatable bonds is 14. The van der Waals surface area contributed by atoms with Gasteiger partial charge >= 0.3 is 0 Å². The first-order chi connectivity index (χ1) is 15.6. The standard InChI is InChI=1S/C24H36N4O4.HI/c1-5-31-23-20(8-6-13-25-23)18-27-24(26-14-7-15-30-17-16-29-4)28-21-9-11-22(12-10-21)32-19(2)3;/h6,8-13,19H,5,7,14-18H2,1-4H3,(H2,26,27,28);1H. The van der Waals surface area contributed by atoms with E-state index in [0.717, 1.165) is 30.0 Å². The molecule has 33 heavy (non-hydrogen) atoms. The Morgan fingerprint density at radius 1 is 1.09 bits per heavy atom. The Labute approximate surface area is 214 Å². The molecule has 0 radical (unpaired) electrons. The number of pyridine rings is 1. The molecule has 0 aliphatic heterocycles. The maximum absolute atomic E-state index is 5.72. The summed E-state index contributed by atoms with van der Waals surface area (Å²) in [6, 6.07) is 11.7. The summed E-state index contributed by atoms with van der Waals surface area (Å²) >= 11 is 0. The highest BCUT2D eigenvalue weighted by Gasteiger charge is 2.06. The zero-order valence-electron chi connectivity index (χ0n) is 20.0. The van der Waals surface area contributed by atoms with Gasteiger partial charge in [0.25, 0.3) is 0 Å². The number of hydrogen-bond donors (Lipinski definition) is 2. The molecule has 2 aromatic rings. The predicted molar refractivity (Wildman–Crippen MR) is 143 cm³/mol. The van der Waals surface area contributed by atoms with Gasteiger partial charge in [-0.05, 0) is 57.5 Å². The fraction of sp³-hybridized carbons (Fsp3) is 0.500. The molecule has 0 amide bonds. The molecule has 0 bridgehead atoms. The fourth-order valence-corrected chi connectivity index (χ4v) is 2.77. The molecule has 2 rings (SSSR count). The summed E-state index contributed by atoms with van der Waals surface area (Å²) in [5.74, 6) is 2.12. The number of methoxy groups -OCH3 is 1. The van der Waals surface area contributed by atoms with Gasteiger partial charge in [-0.25, -0.2) is 9.98 Å². The molecule has 184 valence electrons. The summed E-state index contributed by atoms with van der Waals surface area (Å²) in [4.78, 5) is 9.03. The van der Waals surface area contributed by atoms with Crippen LogP contribution in [0.5, 0.6) is 11.6 Å². The number of guanidine groups is 1. The SMILES string of the molecule is CCOc1ncccc1CN=C(NCCCOCCOC)Nc1ccc(OC(C)C)cc1.I. The van der Waals surface area contributed by atoms with Crippen molar-refractivity contribution in [3.63, 3.8) is 0 Å². The van der Waals surface area contributed by atoms with E-state index in [0.29, 0.717) is 44.8 Å². The van der Waals surface area contributed by atoms with Crippen molar-refractivity contribution >= 4 is 35.6 Å². The quantitative estimate of drug-likeness (QED) is 0.149. The van der Waals surface area contributed by atoms with Gasteiger partial charge in [-0.1, -0.05) is 6.07 Å². The van der Waals surface area contributed by atoms with E-state index in [9.17, 15) is 0 Å². The average Bonchev–Trinajstić information content (AvgIpc) is 2.78. The van der Waals surface area contributed by atoms with E-state index in [1.807, 2.05) is 57.2 Å². The Balaban J connectivity index is 0.00000544. The highest BCUT2D eigenvalue weighted by Crippen LogP contribution is 2.18. The average molecular weight is 572 g/mol. The number of ether oxygens (including phenoxy) is 4. The lowest BCUT2D eigenvalue weighted by atomic mass is 10.3. The van der Waals surface area contributed by atoms with Crippen LogP contribution >= 0.6 is 24.0 Å². The van der Waals surface area contributed by atoms with E-state index >= 15 is 0 Å². The van der Waals surface area contributed by atoms with Gasteiger partial charge in [-0.15, -0.1) is 24.0 Å². The summed E-state index contributed by atoms with van der Waals surface area (Å²) in [5, 5.41) is 6.72. The number of hydrogen-bond acceptors (Lipinski definition) is 6. The molecule has 0 fully saturated rings. The highest BCUT2D eigenvalue weighted by atomic mass is 127. The monoisotopic (exact) mass is 572 g/mol. The number of benzene rings is 1. The lowest BCUT2D eigenvalue weighted by Crippen LogP contribution is -2.32. The first-order valence-electron chi connectivity index (χ1n) is 11.1. The Kier molecular flexibility index (Phi) is 15.2. The number of halogens is 1. The minimum atomic E-state index is 0. The topological polar surface area (TPSA) is 86.2 Å². The predicted octanol–water partition coefficient (Wildman–Crippen LogP) is 4.50. The van der Waals surface area contributed by atoms with Crippen LogP contribution in [0, 0.1) is 0 Å². The van der Waals surface area contributed by atoms with Gasteiger partial charge in [0.05, 0.1) is 32.5 Å². The van der Waals surface area contributed by atoms with Gasteiger partial charge in [-0.2, -0.15) is 0 Å². The number of anilines is 1. The second-order valence-corrected chi connectivity index (χ2v) is 7.27. The van der Waals surface area contributed by atoms with E-state index in [4.69, 9.17) is 23.9 Å². The van der Waals surface area contributed by atoms with Crippen molar-refractivity contribution in [2.24, 2.45) is 4.99 Å². The van der Waals surface area contributed by atoms with Crippen molar-refractivity contribution in [2.45, 2.75) is 39.8 Å². The van der Waals surface area contributed by atoms with Crippen LogP contribution in [-0.2, 0) is 16.0 Å². The van der Waals surface area contributed by atoms with Gasteiger partial charge in [0.2, 0.25) is 5.88 Å². The Morgan fingerprint density at radius 2 is 1.88 bits per heavy atom. The van der Waals surface area contributed by atoms with Crippen molar-refractivity contribution in [3.05, 3.63) is 48.2 Å². The number of nitrogens with zero attached hydrogens (tertiary/aromatic N) is 2. The van der Waals surface area contributed by atoms with Crippen LogP contribution in [-0.4, -0.2) is 57.1 Å². The summed E-state index contributed by atoms with van der Waals surface area (Å²) in [6.45, 7) is 9.54. The van der Waals surface area contributed by atoms with Crippen LogP contribution in [0.3, 0.4) is 0 Å². The van der Waals surface area contributed by atoms with E-state index < -0.39 is 0 Å². The van der Waals surface area contributed by atoms with Crippen molar-refractivity contribution in [3.8, 4) is 11.6 Å². The van der Waals surface area contributed by atoms with Gasteiger partial charge in [-0.3, -0.25) is 0 Å². The third-order valence-electron chi connectivity index (χ3n) is 4.22. The summed E-state index contributed by atoms with van der Waals surface area (Å²) in [6.07, 6.45) is 2.71. The van der Waals surface area contributed by atoms with Crippen LogP contribution in [0.25, 0.3) is 0 Å². The second kappa shape index (κ2) is 17.4. The van der Waals surface area contributed by atoms with Gasteiger partial charge in [0, 0.05) is 37.7 Å². The van der Waals surface area contributed by atoms with Crippen LogP contribution in [0.1, 0.15) is 32.8 Å². The lowest BCUT2D eigenvalue weighted by molar-refractivity contribution is 0.0699. The largest absolute Gasteiger partial charge is 0.491 e. The molecule has 1 aromatic heterocycles. The molecule has 0 atom stereocenters. The molecule has 1 aromatic carbocycles. The first kappa shape index (κ1) is 28.9. The first-order valence-corrected chi connectivity index (χ1v) is 11.1. The van der Waals surface area contributed by atoms with Crippen LogP contribution in [0.4, 0.5) is 5.69 Å². The minimum Gasteiger partial charge on any atom is -0.491 e. The summed E-state index contributed by atoms with van der Waals surface area (Å²) in [5.41, 5.74) is 1.85. The molecule has 0 aliphatic rings. The van der Waals surface area contributed by atoms with Gasteiger partial charge in [0.1, 0.15) is 5.75 Å². The third-order valence-corrected chi connectivity index (χ3v) is 4.22. The van der Waals surface area contributed by atoms with Crippen LogP contribution in [0.15, 0.2) is 47.6 Å². The smallest absolute Gasteiger partial charge is 0.218 e. The van der Waals surface area contributed by atoms with Gasteiger partial charge in [0.15, 0.2) is 5.96 Å². The molecule has 0 spiro atoms. The van der Waals surface area contributed by atoms with E-state index in [2.05, 4.69) is 15.6 Å². The number of nitrogens with one attached hydrogen (secondary N) is 2. The number of aliphatic imine (C=N–C) groups is 1. The zero-order chi connectivity index (χ0) is 23.0. The summed E-state index contributed by atoms with van der Waals surface area (Å²) in [7, 11) is 1.67. The second-order valence-electron chi connectivity index (χ2n) is 7.27. The minimum absolute atomic E-state index is 0. The van der Waals surface area contributed by atoms with E-state index in [1.165, 1.54) is 0 Å². The molecule has 0 unspecified atom stereocenters. The Bertz CT molecular complexity index is 803. The van der Waals surface area contributed by atoms with Crippen molar-refractivity contribution in [1.29, 1.82) is 0 Å². The maximum Gasteiger partial charge on any atom is 0.218 e. The van der Waals surface area contributed by atoms with Crippen molar-refractivity contribution < 1.29 is 18.9 Å². The fourth-order valence-electron chi connectivity index (χ4n) is 2.77. The zero-order valence-corrected chi connectivity index (χ0v) is 22.3. The molecule has 0 saturated heterocycles. The molecular formula is C24H37IN4O4. The van der Waals surface area contributed by atoms with Crippen molar-refractivity contribution in [2.75, 3.05) is 45.4 Å². The van der Waals surface area contributed by atoms with E-state index in [-0.39, 0.29) is 30.1 Å². The molecule has 9 heteroatoms. The normalized spacial score (nSPS) is 11.1. The maximum atomic E-state index is 5.72. The van der Waals surface area contributed by atoms with Gasteiger partial charge < -0.3 is 29.6 Å². The lowest BCUT2D eigenvalue weighted by Gasteiger charge is -2.15. The molecule has 1 heterocycles. The van der Waals surface area contributed by atoms with Crippen molar-refractivity contribution in [1.82, 2.24) is 10.3 Å². The molecule has 0 saturated carbocycles. The summed E-state index contributed by atoms with van der Waals surface area (Å²) < 4.78 is 21.9. The van der Waals surface area contributed by atoms with Crippen LogP contribution < -0.4 is 20.1 Å². The van der Waals surface area contributed by atoms with E-state index in [1.54, 1.807) is 13.3 Å². The molecule has 0 aliphatic carbocycles. The Hall–Kier alpha value is -2.11.